The maximum absolute atomic E-state index is 12.8. The van der Waals surface area contributed by atoms with Crippen LogP contribution in [-0.4, -0.2) is 34.8 Å². The first-order valence-electron chi connectivity index (χ1n) is 7.63. The average molecular weight is 285 g/mol. The molecule has 2 bridgehead atoms. The van der Waals surface area contributed by atoms with Gasteiger partial charge in [0.15, 0.2) is 0 Å². The maximum atomic E-state index is 12.8. The van der Waals surface area contributed by atoms with Gasteiger partial charge in [0.05, 0.1) is 6.42 Å². The molecule has 3 aliphatic rings. The van der Waals surface area contributed by atoms with Gasteiger partial charge in [-0.25, -0.2) is 0 Å². The first-order chi connectivity index (χ1) is 10.1. The Morgan fingerprint density at radius 1 is 1.24 bits per heavy atom. The lowest BCUT2D eigenvalue weighted by atomic mass is 9.96. The molecule has 3 aliphatic heterocycles. The molecule has 3 heterocycles. The predicted octanol–water partition coefficient (Wildman–Crippen LogP) is 1.28. The zero-order chi connectivity index (χ0) is 14.6. The van der Waals surface area contributed by atoms with Crippen molar-refractivity contribution in [3.8, 4) is 0 Å². The number of hydrogen-bond acceptors (Lipinski definition) is 3. The molecule has 0 aliphatic carbocycles. The van der Waals surface area contributed by atoms with Gasteiger partial charge in [0.1, 0.15) is 0 Å². The van der Waals surface area contributed by atoms with Gasteiger partial charge in [-0.1, -0.05) is 0 Å². The molecule has 21 heavy (non-hydrogen) atoms. The van der Waals surface area contributed by atoms with E-state index in [1.54, 1.807) is 0 Å². The first kappa shape index (κ1) is 12.8. The van der Waals surface area contributed by atoms with Crippen molar-refractivity contribution in [2.45, 2.75) is 50.2 Å². The Bertz CT molecular complexity index is 614. The van der Waals surface area contributed by atoms with Crippen molar-refractivity contribution < 1.29 is 9.59 Å². The van der Waals surface area contributed by atoms with Crippen LogP contribution in [0.4, 0.5) is 5.69 Å². The molecule has 4 rings (SSSR count). The number of fused-ring (bicyclic) bond motifs is 3. The third-order valence-corrected chi connectivity index (χ3v) is 4.98. The van der Waals surface area contributed by atoms with Gasteiger partial charge < -0.3 is 16.0 Å². The fourth-order valence-corrected chi connectivity index (χ4v) is 4.06. The predicted molar refractivity (Wildman–Crippen MR) is 79.0 cm³/mol. The second kappa shape index (κ2) is 4.56. The van der Waals surface area contributed by atoms with Crippen molar-refractivity contribution in [1.82, 2.24) is 4.90 Å². The molecule has 0 radical (unpaired) electrons. The number of piperidine rings is 1. The fraction of sp³-hybridized carbons (Fsp3) is 0.500. The van der Waals surface area contributed by atoms with E-state index in [2.05, 4.69) is 5.32 Å². The van der Waals surface area contributed by atoms with Crippen LogP contribution in [0.5, 0.6) is 0 Å². The van der Waals surface area contributed by atoms with Crippen LogP contribution in [0.25, 0.3) is 0 Å². The Kier molecular flexibility index (Phi) is 2.79. The quantitative estimate of drug-likeness (QED) is 0.816. The van der Waals surface area contributed by atoms with Crippen LogP contribution in [0.15, 0.2) is 18.2 Å². The Morgan fingerprint density at radius 2 is 1.95 bits per heavy atom. The highest BCUT2D eigenvalue weighted by Crippen LogP contribution is 2.36. The van der Waals surface area contributed by atoms with Gasteiger partial charge in [-0.2, -0.15) is 0 Å². The molecule has 5 heteroatoms. The van der Waals surface area contributed by atoms with Gasteiger partial charge in [-0.15, -0.1) is 0 Å². The molecular formula is C16H19N3O2. The van der Waals surface area contributed by atoms with Crippen LogP contribution in [0.2, 0.25) is 0 Å². The van der Waals surface area contributed by atoms with Crippen LogP contribution < -0.4 is 11.1 Å². The topological polar surface area (TPSA) is 75.4 Å². The van der Waals surface area contributed by atoms with Crippen molar-refractivity contribution in [3.05, 3.63) is 29.3 Å². The van der Waals surface area contributed by atoms with Gasteiger partial charge in [0.2, 0.25) is 5.91 Å². The van der Waals surface area contributed by atoms with Crippen LogP contribution in [0.1, 0.15) is 41.6 Å². The van der Waals surface area contributed by atoms with Crippen molar-refractivity contribution in [1.29, 1.82) is 0 Å². The maximum Gasteiger partial charge on any atom is 0.254 e. The van der Waals surface area contributed by atoms with Crippen LogP contribution in [-0.2, 0) is 11.2 Å². The number of anilines is 1. The summed E-state index contributed by atoms with van der Waals surface area (Å²) < 4.78 is 0. The molecule has 2 fully saturated rings. The molecular weight excluding hydrogens is 266 g/mol. The second-order valence-electron chi connectivity index (χ2n) is 6.43. The number of carbonyl (C=O) groups excluding carboxylic acids is 2. The normalized spacial score (nSPS) is 30.2. The largest absolute Gasteiger partial charge is 0.333 e. The number of hydrogen-bond donors (Lipinski definition) is 2. The first-order valence-corrected chi connectivity index (χ1v) is 7.63. The van der Waals surface area contributed by atoms with Gasteiger partial charge in [-0.3, -0.25) is 9.59 Å². The van der Waals surface area contributed by atoms with Crippen molar-refractivity contribution >= 4 is 17.5 Å². The number of amides is 2. The van der Waals surface area contributed by atoms with E-state index in [0.29, 0.717) is 24.1 Å². The van der Waals surface area contributed by atoms with Crippen molar-refractivity contribution in [2.75, 3.05) is 5.32 Å². The van der Waals surface area contributed by atoms with Gasteiger partial charge in [0.25, 0.3) is 5.91 Å². The van der Waals surface area contributed by atoms with Crippen LogP contribution in [0, 0.1) is 0 Å². The molecule has 3 N–H and O–H groups in total. The Hall–Kier alpha value is -1.88. The van der Waals surface area contributed by atoms with Gasteiger partial charge in [0, 0.05) is 29.4 Å². The molecule has 2 saturated heterocycles. The monoisotopic (exact) mass is 285 g/mol. The number of benzene rings is 1. The minimum absolute atomic E-state index is 0.00128. The summed E-state index contributed by atoms with van der Waals surface area (Å²) in [7, 11) is 0. The molecule has 0 saturated carbocycles. The fourth-order valence-electron chi connectivity index (χ4n) is 4.06. The number of nitrogens with zero attached hydrogens (tertiary/aromatic N) is 1. The molecule has 2 amide bonds. The van der Waals surface area contributed by atoms with E-state index in [1.807, 2.05) is 23.1 Å². The van der Waals surface area contributed by atoms with E-state index >= 15 is 0 Å². The Morgan fingerprint density at radius 3 is 2.67 bits per heavy atom. The number of carbonyl (C=O) groups is 2. The SMILES string of the molecule is NC1CC2CCC(C1)N2C(=O)c1ccc2c(c1)CC(=O)N2. The van der Waals surface area contributed by atoms with Crippen LogP contribution in [0.3, 0.4) is 0 Å². The second-order valence-corrected chi connectivity index (χ2v) is 6.43. The molecule has 1 aromatic rings. The summed E-state index contributed by atoms with van der Waals surface area (Å²) in [5.41, 5.74) is 8.51. The van der Waals surface area contributed by atoms with Gasteiger partial charge in [-0.05, 0) is 49.4 Å². The number of nitrogens with two attached hydrogens (primary N) is 1. The van der Waals surface area contributed by atoms with Gasteiger partial charge >= 0.3 is 0 Å². The molecule has 2 atom stereocenters. The Balaban J connectivity index is 1.61. The number of rotatable bonds is 1. The van der Waals surface area contributed by atoms with Crippen molar-refractivity contribution in [2.24, 2.45) is 5.73 Å². The minimum Gasteiger partial charge on any atom is -0.333 e. The minimum atomic E-state index is -0.00128. The molecule has 2 unspecified atom stereocenters. The highest BCUT2D eigenvalue weighted by molar-refractivity contribution is 6.01. The highest BCUT2D eigenvalue weighted by Gasteiger charge is 2.42. The summed E-state index contributed by atoms with van der Waals surface area (Å²) in [5, 5.41) is 2.80. The third kappa shape index (κ3) is 2.03. The summed E-state index contributed by atoms with van der Waals surface area (Å²) in [6.07, 6.45) is 4.32. The van der Waals surface area contributed by atoms with E-state index in [1.165, 1.54) is 0 Å². The third-order valence-electron chi connectivity index (χ3n) is 4.98. The zero-order valence-corrected chi connectivity index (χ0v) is 11.8. The van der Waals surface area contributed by atoms with E-state index in [-0.39, 0.29) is 17.9 Å². The summed E-state index contributed by atoms with van der Waals surface area (Å²) in [6.45, 7) is 0. The standard InChI is InChI=1S/C16H19N3O2/c17-11-7-12-2-3-13(8-11)19(12)16(21)9-1-4-14-10(5-9)6-15(20)18-14/h1,4-5,11-13H,2-3,6-8,17H2,(H,18,20). The molecule has 0 spiro atoms. The smallest absolute Gasteiger partial charge is 0.254 e. The molecule has 0 aromatic heterocycles. The average Bonchev–Trinajstić information content (AvgIpc) is 2.94. The highest BCUT2D eigenvalue weighted by atomic mass is 16.2. The van der Waals surface area contributed by atoms with E-state index in [0.717, 1.165) is 36.9 Å². The lowest BCUT2D eigenvalue weighted by Gasteiger charge is -2.37. The summed E-state index contributed by atoms with van der Waals surface area (Å²) >= 11 is 0. The molecule has 110 valence electrons. The lowest BCUT2D eigenvalue weighted by Crippen LogP contribution is -2.50. The summed E-state index contributed by atoms with van der Waals surface area (Å²) in [4.78, 5) is 26.3. The molecule has 1 aromatic carbocycles. The van der Waals surface area contributed by atoms with Crippen molar-refractivity contribution in [3.63, 3.8) is 0 Å². The lowest BCUT2D eigenvalue weighted by molar-refractivity contribution is -0.115. The Labute approximate surface area is 123 Å². The summed E-state index contributed by atoms with van der Waals surface area (Å²) in [5.74, 6) is 0.0927. The van der Waals surface area contributed by atoms with E-state index in [9.17, 15) is 9.59 Å². The van der Waals surface area contributed by atoms with E-state index in [4.69, 9.17) is 5.73 Å². The van der Waals surface area contributed by atoms with E-state index < -0.39 is 0 Å². The molecule has 5 nitrogen and oxygen atoms in total. The number of nitrogens with one attached hydrogen (secondary N) is 1. The summed E-state index contributed by atoms with van der Waals surface area (Å²) in [6, 6.07) is 6.34. The van der Waals surface area contributed by atoms with Crippen LogP contribution >= 0.6 is 0 Å². The zero-order valence-electron chi connectivity index (χ0n) is 11.8.